The van der Waals surface area contributed by atoms with Crippen LogP contribution in [0.25, 0.3) is 6.08 Å². The fourth-order valence-corrected chi connectivity index (χ4v) is 1.83. The minimum absolute atomic E-state index is 0.146. The maximum Gasteiger partial charge on any atom is 0.348 e. The van der Waals surface area contributed by atoms with E-state index in [1.54, 1.807) is 24.3 Å². The first-order chi connectivity index (χ1) is 12.7. The van der Waals surface area contributed by atoms with Crippen molar-refractivity contribution in [2.45, 2.75) is 0 Å². The summed E-state index contributed by atoms with van der Waals surface area (Å²) >= 11 is 0. The van der Waals surface area contributed by atoms with Crippen molar-refractivity contribution < 1.29 is 28.5 Å². The van der Waals surface area contributed by atoms with Gasteiger partial charge in [-0.3, -0.25) is 0 Å². The molecule has 138 valence electrons. The van der Waals surface area contributed by atoms with E-state index in [0.29, 0.717) is 36.9 Å². The summed E-state index contributed by atoms with van der Waals surface area (Å²) in [6.07, 6.45) is 4.04. The molecule has 0 saturated carbocycles. The largest absolute Gasteiger partial charge is 0.498 e. The first kappa shape index (κ1) is 20.6. The van der Waals surface area contributed by atoms with Gasteiger partial charge >= 0.3 is 5.97 Å². The molecule has 7 nitrogen and oxygen atoms in total. The zero-order valence-corrected chi connectivity index (χ0v) is 14.6. The van der Waals surface area contributed by atoms with Gasteiger partial charge in [0.25, 0.3) is 0 Å². The summed E-state index contributed by atoms with van der Waals surface area (Å²) in [4.78, 5) is 11.6. The Bertz CT molecular complexity index is 690. The Morgan fingerprint density at radius 3 is 2.35 bits per heavy atom. The number of hydrogen-bond donors (Lipinski definition) is 0. The van der Waals surface area contributed by atoms with E-state index in [9.17, 15) is 4.79 Å². The lowest BCUT2D eigenvalue weighted by Gasteiger charge is -2.12. The molecule has 1 aromatic rings. The van der Waals surface area contributed by atoms with Crippen LogP contribution in [-0.2, 0) is 19.0 Å². The molecule has 0 aromatic heterocycles. The maximum absolute atomic E-state index is 11.6. The second-order valence-electron chi connectivity index (χ2n) is 4.63. The number of benzene rings is 1. The second kappa shape index (κ2) is 12.0. The third-order valence-electron chi connectivity index (χ3n) is 2.97. The molecule has 0 spiro atoms. The average Bonchev–Trinajstić information content (AvgIpc) is 2.67. The predicted molar refractivity (Wildman–Crippen MR) is 95.3 cm³/mol. The molecule has 0 N–H and O–H groups in total. The normalized spacial score (nSPS) is 10.2. The van der Waals surface area contributed by atoms with Crippen LogP contribution in [0, 0.1) is 11.3 Å². The molecule has 0 fully saturated rings. The van der Waals surface area contributed by atoms with Crippen molar-refractivity contribution in [2.24, 2.45) is 0 Å². The maximum atomic E-state index is 11.6. The highest BCUT2D eigenvalue weighted by Crippen LogP contribution is 2.27. The number of nitriles is 1. The van der Waals surface area contributed by atoms with E-state index in [0.717, 1.165) is 0 Å². The van der Waals surface area contributed by atoms with Crippen molar-refractivity contribution in [2.75, 3.05) is 33.5 Å². The Morgan fingerprint density at radius 2 is 1.77 bits per heavy atom. The van der Waals surface area contributed by atoms with Crippen molar-refractivity contribution in [1.29, 1.82) is 5.26 Å². The fraction of sp³-hybridized carbons (Fsp3) is 0.263. The lowest BCUT2D eigenvalue weighted by molar-refractivity contribution is -0.135. The fourth-order valence-electron chi connectivity index (χ4n) is 1.83. The quantitative estimate of drug-likeness (QED) is 0.186. The molecule has 1 rings (SSSR count). The van der Waals surface area contributed by atoms with E-state index in [1.807, 2.05) is 0 Å². The van der Waals surface area contributed by atoms with Gasteiger partial charge in [-0.1, -0.05) is 13.2 Å². The van der Waals surface area contributed by atoms with Crippen LogP contribution in [0.3, 0.4) is 0 Å². The van der Waals surface area contributed by atoms with E-state index in [1.165, 1.54) is 25.7 Å². The number of nitrogens with zero attached hydrogens (tertiary/aromatic N) is 1. The van der Waals surface area contributed by atoms with Crippen LogP contribution in [0.2, 0.25) is 0 Å². The summed E-state index contributed by atoms with van der Waals surface area (Å²) in [6, 6.07) is 6.82. The Labute approximate surface area is 152 Å². The van der Waals surface area contributed by atoms with Gasteiger partial charge < -0.3 is 23.7 Å². The SMILES string of the molecule is C=COCCOc1ccc(C=C(C#N)C(=O)OC)c(OCCOC=C)c1. The van der Waals surface area contributed by atoms with Gasteiger partial charge in [0.05, 0.1) is 19.6 Å². The Kier molecular flexibility index (Phi) is 9.55. The van der Waals surface area contributed by atoms with Gasteiger partial charge in [0, 0.05) is 11.6 Å². The van der Waals surface area contributed by atoms with Crippen molar-refractivity contribution in [3.05, 3.63) is 55.0 Å². The number of ether oxygens (including phenoxy) is 5. The minimum atomic E-state index is -0.727. The van der Waals surface area contributed by atoms with Gasteiger partial charge in [-0.15, -0.1) is 0 Å². The van der Waals surface area contributed by atoms with Gasteiger partial charge in [0.2, 0.25) is 0 Å². The number of methoxy groups -OCH3 is 1. The minimum Gasteiger partial charge on any atom is -0.498 e. The van der Waals surface area contributed by atoms with Crippen LogP contribution in [0.4, 0.5) is 0 Å². The molecule has 0 aliphatic carbocycles. The molecule has 0 saturated heterocycles. The summed E-state index contributed by atoms with van der Waals surface area (Å²) in [5.41, 5.74) is 0.382. The predicted octanol–water partition coefficient (Wildman–Crippen LogP) is 2.84. The van der Waals surface area contributed by atoms with Gasteiger partial charge in [-0.2, -0.15) is 5.26 Å². The third kappa shape index (κ3) is 7.01. The number of rotatable bonds is 12. The molecule has 0 aliphatic rings. The van der Waals surface area contributed by atoms with Crippen LogP contribution in [0.5, 0.6) is 11.5 Å². The topological polar surface area (TPSA) is 87.0 Å². The monoisotopic (exact) mass is 359 g/mol. The highest BCUT2D eigenvalue weighted by atomic mass is 16.5. The number of esters is 1. The number of carbonyl (C=O) groups is 1. The molecule has 7 heteroatoms. The highest BCUT2D eigenvalue weighted by molar-refractivity contribution is 5.98. The lowest BCUT2D eigenvalue weighted by atomic mass is 10.1. The molecule has 1 aromatic carbocycles. The van der Waals surface area contributed by atoms with Crippen molar-refractivity contribution in [1.82, 2.24) is 0 Å². The Hall–Kier alpha value is -3.40. The lowest BCUT2D eigenvalue weighted by Crippen LogP contribution is -2.07. The van der Waals surface area contributed by atoms with Crippen molar-refractivity contribution in [3.63, 3.8) is 0 Å². The van der Waals surface area contributed by atoms with E-state index in [4.69, 9.17) is 24.2 Å². The molecular weight excluding hydrogens is 338 g/mol. The molecule has 0 heterocycles. The van der Waals surface area contributed by atoms with Gasteiger partial charge in [0.1, 0.15) is 49.6 Å². The number of carbonyl (C=O) groups excluding carboxylic acids is 1. The summed E-state index contributed by atoms with van der Waals surface area (Å²) in [7, 11) is 1.21. The molecule has 0 aliphatic heterocycles. The average molecular weight is 359 g/mol. The van der Waals surface area contributed by atoms with Gasteiger partial charge in [0.15, 0.2) is 0 Å². The van der Waals surface area contributed by atoms with E-state index >= 15 is 0 Å². The Balaban J connectivity index is 3.00. The second-order valence-corrected chi connectivity index (χ2v) is 4.63. The number of hydrogen-bond acceptors (Lipinski definition) is 7. The van der Waals surface area contributed by atoms with E-state index < -0.39 is 5.97 Å². The standard InChI is InChI=1S/C19H21NO6/c1-4-23-8-10-25-17-7-6-15(12-16(14-20)19(21)22-3)18(13-17)26-11-9-24-5-2/h4-7,12-13H,1-2,8-11H2,3H3. The van der Waals surface area contributed by atoms with Crippen molar-refractivity contribution >= 4 is 12.0 Å². The summed E-state index contributed by atoms with van der Waals surface area (Å²) in [5, 5.41) is 9.11. The molecule has 26 heavy (non-hydrogen) atoms. The van der Waals surface area contributed by atoms with Gasteiger partial charge in [-0.05, 0) is 18.2 Å². The van der Waals surface area contributed by atoms with Crippen LogP contribution in [0.15, 0.2) is 49.5 Å². The van der Waals surface area contributed by atoms with Gasteiger partial charge in [-0.25, -0.2) is 4.79 Å². The first-order valence-corrected chi connectivity index (χ1v) is 7.71. The smallest absolute Gasteiger partial charge is 0.348 e. The van der Waals surface area contributed by atoms with Crippen LogP contribution in [0.1, 0.15) is 5.56 Å². The summed E-state index contributed by atoms with van der Waals surface area (Å²) in [6.45, 7) is 8.13. The summed E-state index contributed by atoms with van der Waals surface area (Å²) < 4.78 is 25.8. The zero-order valence-electron chi connectivity index (χ0n) is 14.6. The van der Waals surface area contributed by atoms with Crippen LogP contribution < -0.4 is 9.47 Å². The molecular formula is C19H21NO6. The molecule has 0 unspecified atom stereocenters. The molecule has 0 radical (unpaired) electrons. The van der Waals surface area contributed by atoms with E-state index in [-0.39, 0.29) is 12.2 Å². The zero-order chi connectivity index (χ0) is 19.2. The third-order valence-corrected chi connectivity index (χ3v) is 2.97. The van der Waals surface area contributed by atoms with Crippen LogP contribution >= 0.6 is 0 Å². The highest BCUT2D eigenvalue weighted by Gasteiger charge is 2.12. The Morgan fingerprint density at radius 1 is 1.12 bits per heavy atom. The molecule has 0 amide bonds. The first-order valence-electron chi connectivity index (χ1n) is 7.71. The van der Waals surface area contributed by atoms with E-state index in [2.05, 4.69) is 17.9 Å². The van der Waals surface area contributed by atoms with Crippen molar-refractivity contribution in [3.8, 4) is 17.6 Å². The summed E-state index contributed by atoms with van der Waals surface area (Å²) in [5.74, 6) is 0.248. The molecule has 0 bridgehead atoms. The molecule has 0 atom stereocenters. The van der Waals surface area contributed by atoms with Crippen LogP contribution in [-0.4, -0.2) is 39.5 Å².